The number of benzene rings is 1. The van der Waals surface area contributed by atoms with Gasteiger partial charge in [-0.1, -0.05) is 24.3 Å². The monoisotopic (exact) mass is 333 g/mol. The zero-order chi connectivity index (χ0) is 17.8. The number of hydrogen-bond donors (Lipinski definition) is 2. The fourth-order valence-corrected chi connectivity index (χ4v) is 3.77. The van der Waals surface area contributed by atoms with E-state index in [2.05, 4.69) is 22.8 Å². The molecule has 2 aliphatic rings. The molecule has 7 nitrogen and oxygen atoms in total. The highest BCUT2D eigenvalue weighted by Crippen LogP contribution is 2.55. The molecule has 25 heavy (non-hydrogen) atoms. The topological polar surface area (TPSA) is 108 Å². The highest BCUT2D eigenvalue weighted by Gasteiger charge is 2.60. The Bertz CT molecular complexity index is 997. The molecular formula is C18H15N5O2. The molecule has 7 heteroatoms. The Kier molecular flexibility index (Phi) is 2.99. The van der Waals surface area contributed by atoms with E-state index in [9.17, 15) is 10.1 Å². The number of aromatic amines is 1. The number of nitrogens with two attached hydrogens (primary N) is 1. The van der Waals surface area contributed by atoms with Crippen LogP contribution in [0.3, 0.4) is 0 Å². The molecule has 2 aromatic rings. The predicted octanol–water partition coefficient (Wildman–Crippen LogP) is 1.62. The van der Waals surface area contributed by atoms with Gasteiger partial charge in [0.1, 0.15) is 17.1 Å². The summed E-state index contributed by atoms with van der Waals surface area (Å²) in [5, 5.41) is 16.8. The summed E-state index contributed by atoms with van der Waals surface area (Å²) in [6, 6.07) is 9.46. The van der Waals surface area contributed by atoms with E-state index in [-0.39, 0.29) is 23.2 Å². The van der Waals surface area contributed by atoms with Crippen LogP contribution >= 0.6 is 0 Å². The molecule has 1 aromatic heterocycles. The van der Waals surface area contributed by atoms with Crippen molar-refractivity contribution in [3.63, 3.8) is 0 Å². The van der Waals surface area contributed by atoms with Gasteiger partial charge in [-0.15, -0.1) is 11.7 Å². The summed E-state index contributed by atoms with van der Waals surface area (Å²) >= 11 is 0. The quantitative estimate of drug-likeness (QED) is 0.812. The lowest BCUT2D eigenvalue weighted by Gasteiger charge is -2.32. The number of aromatic nitrogens is 2. The van der Waals surface area contributed by atoms with Crippen molar-refractivity contribution in [3.8, 4) is 11.9 Å². The first-order chi connectivity index (χ1) is 12.1. The highest BCUT2D eigenvalue weighted by molar-refractivity contribution is 6.14. The molecule has 0 saturated carbocycles. The van der Waals surface area contributed by atoms with E-state index in [1.165, 1.54) is 0 Å². The number of anilines is 1. The highest BCUT2D eigenvalue weighted by atomic mass is 16.5. The number of amides is 1. The number of nitrogens with one attached hydrogen (secondary N) is 1. The number of nitriles is 1. The number of rotatable bonds is 2. The number of hydrogen-bond acceptors (Lipinski definition) is 5. The number of aryl methyl sites for hydroxylation is 1. The fourth-order valence-electron chi connectivity index (χ4n) is 3.77. The number of fused-ring (bicyclic) bond motifs is 4. The van der Waals surface area contributed by atoms with Crippen molar-refractivity contribution in [3.05, 3.63) is 65.2 Å². The SMILES string of the molecule is C=CCN1C(=O)[C@@]2(C(C#N)=C(N)Oc3n[nH]c(C)c32)c2ccccc21. The van der Waals surface area contributed by atoms with Gasteiger partial charge >= 0.3 is 0 Å². The third-order valence-corrected chi connectivity index (χ3v) is 4.71. The van der Waals surface area contributed by atoms with Gasteiger partial charge in [0.05, 0.1) is 5.56 Å². The fraction of sp³-hybridized carbons (Fsp3) is 0.167. The van der Waals surface area contributed by atoms with E-state index in [1.807, 2.05) is 24.3 Å². The minimum absolute atomic E-state index is 0.0773. The van der Waals surface area contributed by atoms with E-state index < -0.39 is 5.41 Å². The molecule has 3 heterocycles. The number of carbonyl (C=O) groups excluding carboxylic acids is 1. The van der Waals surface area contributed by atoms with Crippen LogP contribution in [-0.2, 0) is 10.2 Å². The van der Waals surface area contributed by atoms with Gasteiger partial charge in [-0.2, -0.15) is 5.26 Å². The van der Waals surface area contributed by atoms with Crippen LogP contribution in [-0.4, -0.2) is 22.6 Å². The number of para-hydroxylation sites is 1. The average molecular weight is 333 g/mol. The smallest absolute Gasteiger partial charge is 0.248 e. The first kappa shape index (κ1) is 15.0. The van der Waals surface area contributed by atoms with Crippen LogP contribution in [0.15, 0.2) is 48.4 Å². The van der Waals surface area contributed by atoms with Gasteiger partial charge in [0, 0.05) is 23.5 Å². The Morgan fingerprint density at radius 1 is 1.52 bits per heavy atom. The van der Waals surface area contributed by atoms with E-state index in [0.29, 0.717) is 23.4 Å². The molecule has 1 aromatic carbocycles. The van der Waals surface area contributed by atoms with Gasteiger partial charge in [-0.05, 0) is 13.0 Å². The van der Waals surface area contributed by atoms with E-state index in [1.54, 1.807) is 17.9 Å². The number of carbonyl (C=O) groups is 1. The summed E-state index contributed by atoms with van der Waals surface area (Å²) in [5.74, 6) is -0.148. The summed E-state index contributed by atoms with van der Waals surface area (Å²) in [5.41, 5.74) is 7.31. The summed E-state index contributed by atoms with van der Waals surface area (Å²) in [7, 11) is 0. The Morgan fingerprint density at radius 2 is 2.28 bits per heavy atom. The Hall–Kier alpha value is -3.53. The molecule has 1 spiro atoms. The van der Waals surface area contributed by atoms with Crippen molar-refractivity contribution in [1.82, 2.24) is 10.2 Å². The first-order valence-electron chi connectivity index (χ1n) is 7.73. The van der Waals surface area contributed by atoms with Crippen LogP contribution in [0.5, 0.6) is 5.88 Å². The van der Waals surface area contributed by atoms with Gasteiger partial charge in [-0.25, -0.2) is 0 Å². The van der Waals surface area contributed by atoms with Crippen LogP contribution in [0, 0.1) is 18.3 Å². The van der Waals surface area contributed by atoms with Crippen molar-refractivity contribution < 1.29 is 9.53 Å². The predicted molar refractivity (Wildman–Crippen MR) is 90.6 cm³/mol. The van der Waals surface area contributed by atoms with Crippen LogP contribution in [0.25, 0.3) is 0 Å². The Morgan fingerprint density at radius 3 is 3.00 bits per heavy atom. The molecular weight excluding hydrogens is 318 g/mol. The molecule has 0 saturated heterocycles. The molecule has 2 aliphatic heterocycles. The number of H-pyrrole nitrogens is 1. The van der Waals surface area contributed by atoms with Crippen molar-refractivity contribution in [2.75, 3.05) is 11.4 Å². The lowest BCUT2D eigenvalue weighted by Crippen LogP contribution is -2.46. The zero-order valence-electron chi connectivity index (χ0n) is 13.5. The average Bonchev–Trinajstić information content (AvgIpc) is 3.08. The van der Waals surface area contributed by atoms with Crippen molar-refractivity contribution >= 4 is 11.6 Å². The van der Waals surface area contributed by atoms with Crippen molar-refractivity contribution in [1.29, 1.82) is 5.26 Å². The molecule has 0 fully saturated rings. The molecule has 1 amide bonds. The molecule has 0 radical (unpaired) electrons. The maximum atomic E-state index is 13.6. The standard InChI is InChI=1S/C18H15N5O2/c1-3-8-23-13-7-5-4-6-11(13)18(17(23)24)12(9-19)15(20)25-16-14(18)10(2)21-22-16/h3-7H,1,8,20H2,2H3,(H,21,22)/t18-/m1/s1. The summed E-state index contributed by atoms with van der Waals surface area (Å²) in [4.78, 5) is 15.2. The summed E-state index contributed by atoms with van der Waals surface area (Å²) in [6.45, 7) is 5.85. The second-order valence-corrected chi connectivity index (χ2v) is 5.95. The van der Waals surface area contributed by atoms with Crippen LogP contribution < -0.4 is 15.4 Å². The number of nitrogens with zero attached hydrogens (tertiary/aromatic N) is 3. The molecule has 0 aliphatic carbocycles. The van der Waals surface area contributed by atoms with Gasteiger partial charge < -0.3 is 15.4 Å². The van der Waals surface area contributed by atoms with Crippen LogP contribution in [0.2, 0.25) is 0 Å². The second-order valence-electron chi connectivity index (χ2n) is 5.95. The van der Waals surface area contributed by atoms with E-state index in [4.69, 9.17) is 10.5 Å². The van der Waals surface area contributed by atoms with E-state index >= 15 is 0 Å². The maximum absolute atomic E-state index is 13.6. The lowest BCUT2D eigenvalue weighted by atomic mass is 9.69. The van der Waals surface area contributed by atoms with Crippen LogP contribution in [0.1, 0.15) is 16.8 Å². The third kappa shape index (κ3) is 1.63. The Labute approximate surface area is 144 Å². The minimum atomic E-state index is -1.36. The normalized spacial score (nSPS) is 21.0. The third-order valence-electron chi connectivity index (χ3n) is 4.71. The van der Waals surface area contributed by atoms with E-state index in [0.717, 1.165) is 5.69 Å². The minimum Gasteiger partial charge on any atom is -0.420 e. The molecule has 1 atom stereocenters. The molecule has 0 bridgehead atoms. The van der Waals surface area contributed by atoms with Gasteiger partial charge in [-0.3, -0.25) is 9.89 Å². The maximum Gasteiger partial charge on any atom is 0.248 e. The first-order valence-corrected chi connectivity index (χ1v) is 7.73. The van der Waals surface area contributed by atoms with Crippen LogP contribution in [0.4, 0.5) is 5.69 Å². The summed E-state index contributed by atoms with van der Waals surface area (Å²) < 4.78 is 5.50. The zero-order valence-corrected chi connectivity index (χ0v) is 13.5. The molecule has 3 N–H and O–H groups in total. The van der Waals surface area contributed by atoms with Gasteiger partial charge in [0.25, 0.3) is 0 Å². The van der Waals surface area contributed by atoms with Crippen molar-refractivity contribution in [2.45, 2.75) is 12.3 Å². The second kappa shape index (κ2) is 4.98. The largest absolute Gasteiger partial charge is 0.420 e. The number of ether oxygens (including phenoxy) is 1. The van der Waals surface area contributed by atoms with Crippen molar-refractivity contribution in [2.24, 2.45) is 5.73 Å². The Balaban J connectivity index is 2.15. The molecule has 4 rings (SSSR count). The van der Waals surface area contributed by atoms with Gasteiger partial charge in [0.15, 0.2) is 0 Å². The molecule has 124 valence electrons. The summed E-state index contributed by atoms with van der Waals surface area (Å²) in [6.07, 6.45) is 1.65. The van der Waals surface area contributed by atoms with Gasteiger partial charge in [0.2, 0.25) is 17.7 Å². The lowest BCUT2D eigenvalue weighted by molar-refractivity contribution is -0.120. The molecule has 0 unspecified atom stereocenters.